The van der Waals surface area contributed by atoms with Crippen LogP contribution in [-0.4, -0.2) is 6.61 Å². The average molecular weight is 264 g/mol. The van der Waals surface area contributed by atoms with Crippen LogP contribution in [0.1, 0.15) is 18.4 Å². The zero-order chi connectivity index (χ0) is 13.9. The van der Waals surface area contributed by atoms with Crippen molar-refractivity contribution in [1.29, 1.82) is 0 Å². The number of allylic oxidation sites excluding steroid dienone is 8. The average Bonchev–Trinajstić information content (AvgIpc) is 3.25. The van der Waals surface area contributed by atoms with Gasteiger partial charge >= 0.3 is 0 Å². The zero-order valence-electron chi connectivity index (χ0n) is 11.6. The molecule has 0 atom stereocenters. The normalized spacial score (nSPS) is 15.8. The van der Waals surface area contributed by atoms with Crippen molar-refractivity contribution in [2.24, 2.45) is 0 Å². The summed E-state index contributed by atoms with van der Waals surface area (Å²) in [6.07, 6.45) is 23.1. The maximum absolute atomic E-state index is 5.34. The second kappa shape index (κ2) is 8.76. The number of para-hydroxylation sites is 1. The Morgan fingerprint density at radius 3 is 1.80 bits per heavy atom. The lowest BCUT2D eigenvalue weighted by molar-refractivity contribution is 0.358. The highest BCUT2D eigenvalue weighted by Crippen LogP contribution is 2.21. The molecule has 0 unspecified atom stereocenters. The Bertz CT molecular complexity index is 503. The Morgan fingerprint density at radius 1 is 0.700 bits per heavy atom. The van der Waals surface area contributed by atoms with Crippen LogP contribution in [0.4, 0.5) is 0 Å². The van der Waals surface area contributed by atoms with Gasteiger partial charge in [0.2, 0.25) is 0 Å². The fourth-order valence-electron chi connectivity index (χ4n) is 1.85. The predicted octanol–water partition coefficient (Wildman–Crippen LogP) is 5.10. The molecule has 102 valence electrons. The molecule has 1 aromatic carbocycles. The molecule has 0 aromatic heterocycles. The number of fused-ring (bicyclic) bond motifs is 1. The third kappa shape index (κ3) is 5.15. The molecule has 1 nitrogen and oxygen atoms in total. The number of hydrogen-bond donors (Lipinski definition) is 0. The van der Waals surface area contributed by atoms with Crippen molar-refractivity contribution in [1.82, 2.24) is 0 Å². The molecular weight excluding hydrogens is 244 g/mol. The van der Waals surface area contributed by atoms with Crippen molar-refractivity contribution in [2.75, 3.05) is 6.61 Å². The van der Waals surface area contributed by atoms with Crippen LogP contribution in [0.3, 0.4) is 0 Å². The molecule has 1 aromatic rings. The summed E-state index contributed by atoms with van der Waals surface area (Å²) in [5.74, 6) is 0.991. The Balaban J connectivity index is 0.000000124. The molecule has 0 fully saturated rings. The van der Waals surface area contributed by atoms with Crippen molar-refractivity contribution in [3.8, 4) is 5.75 Å². The first-order chi connectivity index (χ1) is 9.97. The third-order valence-electron chi connectivity index (χ3n) is 2.86. The van der Waals surface area contributed by atoms with Gasteiger partial charge in [-0.15, -0.1) is 0 Å². The minimum atomic E-state index is 0.705. The van der Waals surface area contributed by atoms with Gasteiger partial charge in [-0.25, -0.2) is 0 Å². The van der Waals surface area contributed by atoms with E-state index in [2.05, 4.69) is 54.7 Å². The van der Waals surface area contributed by atoms with Crippen molar-refractivity contribution >= 4 is 6.08 Å². The van der Waals surface area contributed by atoms with Gasteiger partial charge in [0.1, 0.15) is 12.4 Å². The van der Waals surface area contributed by atoms with Crippen molar-refractivity contribution in [2.45, 2.75) is 12.8 Å². The number of hydrogen-bond acceptors (Lipinski definition) is 1. The van der Waals surface area contributed by atoms with E-state index in [4.69, 9.17) is 4.74 Å². The summed E-state index contributed by atoms with van der Waals surface area (Å²) in [6.45, 7) is 0.705. The minimum Gasteiger partial charge on any atom is -0.489 e. The number of benzene rings is 1. The van der Waals surface area contributed by atoms with Gasteiger partial charge in [0.15, 0.2) is 0 Å². The van der Waals surface area contributed by atoms with Crippen molar-refractivity contribution in [3.63, 3.8) is 0 Å². The van der Waals surface area contributed by atoms with Crippen molar-refractivity contribution < 1.29 is 4.74 Å². The molecule has 4 rings (SSSR count). The second-order valence-corrected chi connectivity index (χ2v) is 4.44. The molecule has 0 amide bonds. The molecule has 0 N–H and O–H groups in total. The van der Waals surface area contributed by atoms with Crippen LogP contribution < -0.4 is 4.74 Å². The van der Waals surface area contributed by atoms with E-state index in [1.54, 1.807) is 0 Å². The minimum absolute atomic E-state index is 0.705. The predicted molar refractivity (Wildman–Crippen MR) is 86.8 cm³/mol. The maximum atomic E-state index is 5.34. The molecule has 3 aliphatic rings. The third-order valence-corrected chi connectivity index (χ3v) is 2.86. The molecule has 0 radical (unpaired) electrons. The fraction of sp³-hybridized carbons (Fsp3) is 0.158. The summed E-state index contributed by atoms with van der Waals surface area (Å²) in [5, 5.41) is 0. The second-order valence-electron chi connectivity index (χ2n) is 4.44. The van der Waals surface area contributed by atoms with Crippen LogP contribution in [-0.2, 0) is 0 Å². The first-order valence-corrected chi connectivity index (χ1v) is 6.98. The molecule has 0 saturated heterocycles. The first-order valence-electron chi connectivity index (χ1n) is 6.98. The molecule has 0 saturated carbocycles. The zero-order valence-corrected chi connectivity index (χ0v) is 11.6. The van der Waals surface area contributed by atoms with Crippen LogP contribution in [0.2, 0.25) is 0 Å². The maximum Gasteiger partial charge on any atom is 0.126 e. The Labute approximate surface area is 121 Å². The van der Waals surface area contributed by atoms with Crippen LogP contribution in [0, 0.1) is 0 Å². The molecule has 1 heteroatoms. The van der Waals surface area contributed by atoms with Crippen LogP contribution >= 0.6 is 0 Å². The monoisotopic (exact) mass is 264 g/mol. The molecule has 2 aliphatic carbocycles. The van der Waals surface area contributed by atoms with Crippen LogP contribution in [0.5, 0.6) is 5.75 Å². The highest BCUT2D eigenvalue weighted by molar-refractivity contribution is 5.58. The van der Waals surface area contributed by atoms with Gasteiger partial charge < -0.3 is 4.74 Å². The van der Waals surface area contributed by atoms with Gasteiger partial charge in [-0.1, -0.05) is 72.9 Å². The van der Waals surface area contributed by atoms with Gasteiger partial charge in [-0.05, 0) is 25.0 Å². The van der Waals surface area contributed by atoms with Crippen LogP contribution in [0.25, 0.3) is 6.08 Å². The summed E-state index contributed by atoms with van der Waals surface area (Å²) in [7, 11) is 0. The SMILES string of the molecule is C1=CCC=C1.C1=CCC=C1.C1=Cc2ccccc2OC1. The molecule has 0 bridgehead atoms. The molecule has 1 aliphatic heterocycles. The summed E-state index contributed by atoms with van der Waals surface area (Å²) >= 11 is 0. The highest BCUT2D eigenvalue weighted by atomic mass is 16.5. The Kier molecular flexibility index (Phi) is 6.19. The molecule has 1 heterocycles. The van der Waals surface area contributed by atoms with E-state index < -0.39 is 0 Å². The standard InChI is InChI=1S/C9H8O.2C5H6/c1-2-6-9-8(4-1)5-3-7-10-9;2*1-2-4-5-3-1/h1-6H,7H2;2*1-4H,5H2. The van der Waals surface area contributed by atoms with Gasteiger partial charge in [0.05, 0.1) is 0 Å². The topological polar surface area (TPSA) is 9.23 Å². The van der Waals surface area contributed by atoms with Gasteiger partial charge in [0.25, 0.3) is 0 Å². The number of ether oxygens (including phenoxy) is 1. The molecule has 0 spiro atoms. The molecular formula is C19H20O. The molecule has 20 heavy (non-hydrogen) atoms. The Hall–Kier alpha value is -2.28. The van der Waals surface area contributed by atoms with Gasteiger partial charge in [-0.3, -0.25) is 0 Å². The van der Waals surface area contributed by atoms with E-state index in [-0.39, 0.29) is 0 Å². The van der Waals surface area contributed by atoms with Gasteiger partial charge in [0, 0.05) is 5.56 Å². The van der Waals surface area contributed by atoms with E-state index in [9.17, 15) is 0 Å². The summed E-state index contributed by atoms with van der Waals surface area (Å²) < 4.78 is 5.34. The van der Waals surface area contributed by atoms with Gasteiger partial charge in [-0.2, -0.15) is 0 Å². The summed E-state index contributed by atoms with van der Waals surface area (Å²) in [6, 6.07) is 8.03. The summed E-state index contributed by atoms with van der Waals surface area (Å²) in [4.78, 5) is 0. The van der Waals surface area contributed by atoms with E-state index in [1.165, 1.54) is 5.56 Å². The highest BCUT2D eigenvalue weighted by Gasteiger charge is 2.01. The quantitative estimate of drug-likeness (QED) is 0.633. The lowest BCUT2D eigenvalue weighted by Crippen LogP contribution is -1.98. The first kappa shape index (κ1) is 14.1. The largest absolute Gasteiger partial charge is 0.489 e. The van der Waals surface area contributed by atoms with E-state index in [0.717, 1.165) is 18.6 Å². The van der Waals surface area contributed by atoms with Crippen LogP contribution in [0.15, 0.2) is 78.9 Å². The Morgan fingerprint density at radius 2 is 1.30 bits per heavy atom. The lowest BCUT2D eigenvalue weighted by atomic mass is 10.1. The van der Waals surface area contributed by atoms with Crippen molar-refractivity contribution in [3.05, 3.63) is 84.5 Å². The van der Waals surface area contributed by atoms with E-state index in [1.807, 2.05) is 30.3 Å². The van der Waals surface area contributed by atoms with E-state index >= 15 is 0 Å². The fourth-order valence-corrected chi connectivity index (χ4v) is 1.85. The number of rotatable bonds is 0. The lowest BCUT2D eigenvalue weighted by Gasteiger charge is -2.10. The summed E-state index contributed by atoms with van der Waals surface area (Å²) in [5.41, 5.74) is 1.17. The van der Waals surface area contributed by atoms with E-state index in [0.29, 0.717) is 6.61 Å². The smallest absolute Gasteiger partial charge is 0.126 e.